The maximum Gasteiger partial charge on any atom is 1.00 e. The van der Waals surface area contributed by atoms with Gasteiger partial charge in [0.25, 0.3) is 0 Å². The Morgan fingerprint density at radius 3 is 1.57 bits per heavy atom. The van der Waals surface area contributed by atoms with Crippen LogP contribution >= 0.6 is 0 Å². The maximum atomic E-state index is 8.47. The molecule has 0 radical (unpaired) electrons. The first kappa shape index (κ1) is 10.1. The van der Waals surface area contributed by atoms with Gasteiger partial charge in [-0.25, -0.2) is 0 Å². The van der Waals surface area contributed by atoms with Gasteiger partial charge in [0.15, 0.2) is 0 Å². The SMILES string of the molecule is CC(=[N-])N(C)C.[Li+]. The van der Waals surface area contributed by atoms with Gasteiger partial charge in [0.2, 0.25) is 0 Å². The average Bonchev–Trinajstić information content (AvgIpc) is 1.36. The minimum absolute atomic E-state index is 0. The van der Waals surface area contributed by atoms with Crippen molar-refractivity contribution in [1.29, 1.82) is 0 Å². The molecular formula is C4H9LiN2. The Bertz CT molecular complexity index is 60.7. The van der Waals surface area contributed by atoms with E-state index >= 15 is 0 Å². The topological polar surface area (TPSA) is 25.5 Å². The van der Waals surface area contributed by atoms with E-state index < -0.39 is 0 Å². The van der Waals surface area contributed by atoms with Crippen LogP contribution in [-0.2, 0) is 0 Å². The van der Waals surface area contributed by atoms with Gasteiger partial charge in [-0.15, -0.1) is 0 Å². The zero-order valence-electron chi connectivity index (χ0n) is 5.39. The molecule has 0 fully saturated rings. The summed E-state index contributed by atoms with van der Waals surface area (Å²) in [4.78, 5) is 1.64. The van der Waals surface area contributed by atoms with E-state index in [1.54, 1.807) is 25.9 Å². The average molecular weight is 92.1 g/mol. The molecule has 0 aliphatic heterocycles. The van der Waals surface area contributed by atoms with Crippen molar-refractivity contribution in [3.8, 4) is 0 Å². The second-order valence-corrected chi connectivity index (χ2v) is 1.44. The third kappa shape index (κ3) is 6.07. The molecule has 0 aliphatic rings. The van der Waals surface area contributed by atoms with Crippen LogP contribution in [0.15, 0.2) is 0 Å². The summed E-state index contributed by atoms with van der Waals surface area (Å²) in [5.41, 5.74) is 0. The van der Waals surface area contributed by atoms with E-state index in [1.807, 2.05) is 0 Å². The fraction of sp³-hybridized carbons (Fsp3) is 0.750. The zero-order valence-corrected chi connectivity index (χ0v) is 5.39. The Kier molecular flexibility index (Phi) is 6.13. The van der Waals surface area contributed by atoms with Gasteiger partial charge in [0.1, 0.15) is 0 Å². The summed E-state index contributed by atoms with van der Waals surface area (Å²) in [6, 6.07) is 0. The van der Waals surface area contributed by atoms with Crippen molar-refractivity contribution in [2.45, 2.75) is 6.92 Å². The van der Waals surface area contributed by atoms with Crippen LogP contribution in [0, 0.1) is 0 Å². The van der Waals surface area contributed by atoms with Gasteiger partial charge in [-0.3, -0.25) is 0 Å². The van der Waals surface area contributed by atoms with E-state index in [4.69, 9.17) is 5.41 Å². The molecule has 7 heavy (non-hydrogen) atoms. The van der Waals surface area contributed by atoms with E-state index in [1.165, 1.54) is 0 Å². The van der Waals surface area contributed by atoms with Crippen LogP contribution in [0.2, 0.25) is 0 Å². The number of nitrogens with zero attached hydrogens (tertiary/aromatic N) is 2. The molecule has 0 bridgehead atoms. The van der Waals surface area contributed by atoms with Crippen molar-refractivity contribution >= 4 is 5.84 Å². The molecule has 0 heterocycles. The minimum atomic E-state index is 0. The Morgan fingerprint density at radius 2 is 1.57 bits per heavy atom. The molecular weight excluding hydrogens is 83.0 g/mol. The van der Waals surface area contributed by atoms with Crippen LogP contribution in [-0.4, -0.2) is 24.8 Å². The van der Waals surface area contributed by atoms with Crippen molar-refractivity contribution in [1.82, 2.24) is 4.90 Å². The molecule has 0 amide bonds. The van der Waals surface area contributed by atoms with Gasteiger partial charge in [0, 0.05) is 0 Å². The summed E-state index contributed by atoms with van der Waals surface area (Å²) in [5.74, 6) is 0.343. The summed E-state index contributed by atoms with van der Waals surface area (Å²) in [6.45, 7) is 1.64. The molecule has 0 N–H and O–H groups in total. The van der Waals surface area contributed by atoms with Crippen LogP contribution in [0.1, 0.15) is 6.92 Å². The van der Waals surface area contributed by atoms with Crippen molar-refractivity contribution in [2.75, 3.05) is 14.1 Å². The van der Waals surface area contributed by atoms with Crippen molar-refractivity contribution in [3.05, 3.63) is 5.41 Å². The van der Waals surface area contributed by atoms with Gasteiger partial charge in [-0.05, 0) is 6.92 Å². The standard InChI is InChI=1S/C4H9N2.Li/c1-4(5)6(2)3;/h1-3H3;/q-1;+1. The predicted octanol–water partition coefficient (Wildman–Crippen LogP) is -2.46. The monoisotopic (exact) mass is 92.1 g/mol. The number of hydrogen-bond donors (Lipinski definition) is 0. The fourth-order valence-corrected chi connectivity index (χ4v) is 0. The number of amidine groups is 1. The quantitative estimate of drug-likeness (QED) is 0.185. The summed E-state index contributed by atoms with van der Waals surface area (Å²) in [5, 5.41) is 8.47. The van der Waals surface area contributed by atoms with Gasteiger partial charge in [-0.2, -0.15) is 0 Å². The normalized spacial score (nSPS) is 6.71. The van der Waals surface area contributed by atoms with Crippen molar-refractivity contribution in [2.24, 2.45) is 0 Å². The van der Waals surface area contributed by atoms with Crippen LogP contribution in [0.25, 0.3) is 5.41 Å². The first-order chi connectivity index (χ1) is 2.64. The molecule has 0 rings (SSSR count). The summed E-state index contributed by atoms with van der Waals surface area (Å²) in [7, 11) is 3.57. The van der Waals surface area contributed by atoms with E-state index in [0.29, 0.717) is 5.84 Å². The molecule has 0 aromatic rings. The smallest absolute Gasteiger partial charge is 0.478 e. The Morgan fingerprint density at radius 1 is 1.43 bits per heavy atom. The number of hydrogen-bond acceptors (Lipinski definition) is 0. The van der Waals surface area contributed by atoms with Crippen molar-refractivity contribution < 1.29 is 18.9 Å². The zero-order chi connectivity index (χ0) is 5.15. The predicted molar refractivity (Wildman–Crippen MR) is 27.7 cm³/mol. The molecule has 0 saturated heterocycles. The second kappa shape index (κ2) is 4.23. The molecule has 0 unspecified atom stereocenters. The Hall–Kier alpha value is 0.0674. The van der Waals surface area contributed by atoms with Crippen LogP contribution in [0.3, 0.4) is 0 Å². The van der Waals surface area contributed by atoms with Gasteiger partial charge < -0.3 is 10.3 Å². The fourth-order valence-electron chi connectivity index (χ4n) is 0. The first-order valence-corrected chi connectivity index (χ1v) is 1.84. The van der Waals surface area contributed by atoms with Gasteiger partial charge >= 0.3 is 18.9 Å². The molecule has 0 aromatic carbocycles. The number of rotatable bonds is 0. The molecule has 0 aromatic heterocycles. The Balaban J connectivity index is 0. The molecule has 36 valence electrons. The van der Waals surface area contributed by atoms with E-state index in [9.17, 15) is 0 Å². The van der Waals surface area contributed by atoms with Crippen molar-refractivity contribution in [3.63, 3.8) is 0 Å². The van der Waals surface area contributed by atoms with Gasteiger partial charge in [-0.1, -0.05) is 19.9 Å². The summed E-state index contributed by atoms with van der Waals surface area (Å²) < 4.78 is 0. The van der Waals surface area contributed by atoms with Crippen LogP contribution in [0.5, 0.6) is 0 Å². The summed E-state index contributed by atoms with van der Waals surface area (Å²) in [6.07, 6.45) is 0. The molecule has 0 aliphatic carbocycles. The minimum Gasteiger partial charge on any atom is -0.478 e. The van der Waals surface area contributed by atoms with E-state index in [2.05, 4.69) is 0 Å². The van der Waals surface area contributed by atoms with E-state index in [0.717, 1.165) is 0 Å². The molecule has 0 spiro atoms. The largest absolute Gasteiger partial charge is 1.00 e. The van der Waals surface area contributed by atoms with E-state index in [-0.39, 0.29) is 18.9 Å². The Labute approximate surface area is 56.6 Å². The first-order valence-electron chi connectivity index (χ1n) is 1.84. The van der Waals surface area contributed by atoms with Crippen LogP contribution in [0.4, 0.5) is 0 Å². The maximum absolute atomic E-state index is 8.47. The molecule has 2 nitrogen and oxygen atoms in total. The third-order valence-electron chi connectivity index (χ3n) is 0.647. The third-order valence-corrected chi connectivity index (χ3v) is 0.647. The second-order valence-electron chi connectivity index (χ2n) is 1.44. The summed E-state index contributed by atoms with van der Waals surface area (Å²) >= 11 is 0. The molecule has 3 heteroatoms. The molecule has 0 saturated carbocycles. The van der Waals surface area contributed by atoms with Crippen LogP contribution < -0.4 is 18.9 Å². The van der Waals surface area contributed by atoms with Gasteiger partial charge in [0.05, 0.1) is 0 Å². The molecule has 0 atom stereocenters.